The number of allylic oxidation sites excluding steroid dienone is 2. The lowest BCUT2D eigenvalue weighted by atomic mass is 9.82. The molecule has 1 saturated carbocycles. The van der Waals surface area contributed by atoms with Gasteiger partial charge in [-0.1, -0.05) is 24.3 Å². The van der Waals surface area contributed by atoms with Gasteiger partial charge in [-0.15, -0.1) is 0 Å². The number of benzene rings is 2. The minimum atomic E-state index is 0.172. The topological polar surface area (TPSA) is 23.6 Å². The van der Waals surface area contributed by atoms with Crippen LogP contribution in [0.25, 0.3) is 12.2 Å². The maximum absolute atomic E-state index is 12.6. The van der Waals surface area contributed by atoms with Crippen molar-refractivity contribution in [2.45, 2.75) is 34.1 Å². The average molecular weight is 389 g/mol. The Morgan fingerprint density at radius 3 is 1.28 bits per heavy atom. The van der Waals surface area contributed by atoms with Gasteiger partial charge in [0.05, 0.1) is 0 Å². The number of rotatable bonds is 8. The number of nitrogens with zero attached hydrogens (tertiary/aromatic N) is 2. The van der Waals surface area contributed by atoms with E-state index in [2.05, 4.69) is 86.0 Å². The van der Waals surface area contributed by atoms with Crippen molar-refractivity contribution in [1.29, 1.82) is 0 Å². The summed E-state index contributed by atoms with van der Waals surface area (Å²) in [5.41, 5.74) is 6.42. The molecule has 3 rings (SSSR count). The van der Waals surface area contributed by atoms with Crippen LogP contribution in [-0.4, -0.2) is 32.0 Å². The molecule has 0 aromatic heterocycles. The summed E-state index contributed by atoms with van der Waals surface area (Å²) in [5.74, 6) is 0.172. The second kappa shape index (κ2) is 9.60. The predicted octanol–water partition coefficient (Wildman–Crippen LogP) is 5.82. The first-order chi connectivity index (χ1) is 14.1. The molecule has 152 valence electrons. The van der Waals surface area contributed by atoms with Gasteiger partial charge in [0.15, 0.2) is 5.78 Å². The first-order valence-corrected chi connectivity index (χ1v) is 10.7. The summed E-state index contributed by atoms with van der Waals surface area (Å²) in [6, 6.07) is 16.9. The molecule has 0 aliphatic heterocycles. The summed E-state index contributed by atoms with van der Waals surface area (Å²) >= 11 is 0. The normalized spacial score (nSPS) is 16.2. The smallest absolute Gasteiger partial charge is 0.185 e. The van der Waals surface area contributed by atoms with E-state index in [1.165, 1.54) is 11.4 Å². The summed E-state index contributed by atoms with van der Waals surface area (Å²) in [4.78, 5) is 17.2. The van der Waals surface area contributed by atoms with E-state index >= 15 is 0 Å². The van der Waals surface area contributed by atoms with Gasteiger partial charge in [-0.25, -0.2) is 0 Å². The molecule has 0 unspecified atom stereocenters. The van der Waals surface area contributed by atoms with Crippen molar-refractivity contribution in [2.24, 2.45) is 0 Å². The number of carbonyl (C=O) groups is 1. The first-order valence-electron chi connectivity index (χ1n) is 10.7. The Morgan fingerprint density at radius 2 is 1.00 bits per heavy atom. The van der Waals surface area contributed by atoms with Crippen LogP contribution in [-0.2, 0) is 4.79 Å². The van der Waals surface area contributed by atoms with Crippen molar-refractivity contribution in [3.05, 3.63) is 70.8 Å². The lowest BCUT2D eigenvalue weighted by Crippen LogP contribution is -2.21. The third kappa shape index (κ3) is 4.79. The van der Waals surface area contributed by atoms with Crippen molar-refractivity contribution >= 4 is 29.3 Å². The summed E-state index contributed by atoms with van der Waals surface area (Å²) in [7, 11) is 0. The molecule has 0 bridgehead atoms. The van der Waals surface area contributed by atoms with Crippen LogP contribution in [0, 0.1) is 0 Å². The quantitative estimate of drug-likeness (QED) is 0.533. The molecule has 29 heavy (non-hydrogen) atoms. The summed E-state index contributed by atoms with van der Waals surface area (Å²) in [6.45, 7) is 12.7. The molecule has 0 spiro atoms. The molecule has 1 fully saturated rings. The minimum Gasteiger partial charge on any atom is -0.372 e. The van der Waals surface area contributed by atoms with Crippen molar-refractivity contribution in [3.8, 4) is 0 Å². The molecule has 3 nitrogen and oxygen atoms in total. The maximum atomic E-state index is 12.6. The van der Waals surface area contributed by atoms with Gasteiger partial charge >= 0.3 is 0 Å². The van der Waals surface area contributed by atoms with E-state index in [0.717, 1.165) is 54.9 Å². The van der Waals surface area contributed by atoms with Crippen LogP contribution < -0.4 is 9.80 Å². The van der Waals surface area contributed by atoms with Gasteiger partial charge < -0.3 is 9.80 Å². The number of hydrogen-bond donors (Lipinski definition) is 0. The number of carbonyl (C=O) groups excluding carboxylic acids is 1. The van der Waals surface area contributed by atoms with E-state index in [9.17, 15) is 4.79 Å². The largest absolute Gasteiger partial charge is 0.372 e. The minimum absolute atomic E-state index is 0.172. The van der Waals surface area contributed by atoms with Gasteiger partial charge in [0.2, 0.25) is 0 Å². The Kier molecular flexibility index (Phi) is 6.92. The average Bonchev–Trinajstić information content (AvgIpc) is 2.76. The fourth-order valence-electron chi connectivity index (χ4n) is 3.84. The Labute approximate surface area is 175 Å². The van der Waals surface area contributed by atoms with E-state index in [4.69, 9.17) is 0 Å². The zero-order chi connectivity index (χ0) is 20.8. The number of anilines is 2. The molecule has 2 aromatic rings. The fraction of sp³-hybridized carbons (Fsp3) is 0.346. The van der Waals surface area contributed by atoms with Gasteiger partial charge in [-0.3, -0.25) is 4.79 Å². The highest BCUT2D eigenvalue weighted by Crippen LogP contribution is 2.32. The predicted molar refractivity (Wildman–Crippen MR) is 126 cm³/mol. The third-order valence-corrected chi connectivity index (χ3v) is 5.69. The molecule has 0 atom stereocenters. The second-order valence-corrected chi connectivity index (χ2v) is 7.37. The van der Waals surface area contributed by atoms with Crippen molar-refractivity contribution < 1.29 is 4.79 Å². The Balaban J connectivity index is 1.66. The van der Waals surface area contributed by atoms with Gasteiger partial charge in [-0.05, 0) is 75.2 Å². The Bertz CT molecular complexity index is 810. The van der Waals surface area contributed by atoms with Crippen molar-refractivity contribution in [1.82, 2.24) is 0 Å². The molecule has 0 radical (unpaired) electrons. The van der Waals surface area contributed by atoms with Gasteiger partial charge in [0.1, 0.15) is 0 Å². The number of ketones is 1. The summed E-state index contributed by atoms with van der Waals surface area (Å²) in [6.07, 6.45) is 4.79. The summed E-state index contributed by atoms with van der Waals surface area (Å²) in [5, 5.41) is 0. The van der Waals surface area contributed by atoms with Crippen LogP contribution in [0.2, 0.25) is 0 Å². The zero-order valence-corrected chi connectivity index (χ0v) is 18.1. The molecule has 1 aliphatic rings. The number of hydrogen-bond acceptors (Lipinski definition) is 3. The highest BCUT2D eigenvalue weighted by atomic mass is 16.1. The Hall–Kier alpha value is -2.81. The van der Waals surface area contributed by atoms with E-state index in [0.29, 0.717) is 0 Å². The lowest BCUT2D eigenvalue weighted by molar-refractivity contribution is -0.114. The van der Waals surface area contributed by atoms with Gasteiger partial charge in [-0.2, -0.15) is 0 Å². The molecule has 1 aliphatic carbocycles. The van der Waals surface area contributed by atoms with E-state index < -0.39 is 0 Å². The van der Waals surface area contributed by atoms with Crippen LogP contribution in [0.15, 0.2) is 59.7 Å². The molecule has 0 N–H and O–H groups in total. The van der Waals surface area contributed by atoms with Crippen molar-refractivity contribution in [3.63, 3.8) is 0 Å². The highest BCUT2D eigenvalue weighted by molar-refractivity contribution is 6.20. The van der Waals surface area contributed by atoms with Crippen LogP contribution in [0.5, 0.6) is 0 Å². The van der Waals surface area contributed by atoms with Crippen LogP contribution in [0.3, 0.4) is 0 Å². The van der Waals surface area contributed by atoms with Gasteiger partial charge in [0.25, 0.3) is 0 Å². The monoisotopic (exact) mass is 388 g/mol. The van der Waals surface area contributed by atoms with Crippen molar-refractivity contribution in [2.75, 3.05) is 36.0 Å². The van der Waals surface area contributed by atoms with Crippen LogP contribution in [0.4, 0.5) is 11.4 Å². The first kappa shape index (κ1) is 20.9. The fourth-order valence-corrected chi connectivity index (χ4v) is 3.84. The molecule has 2 aromatic carbocycles. The molecule has 3 heteroatoms. The summed E-state index contributed by atoms with van der Waals surface area (Å²) < 4.78 is 0. The molecule has 0 heterocycles. The van der Waals surface area contributed by atoms with E-state index in [-0.39, 0.29) is 5.78 Å². The maximum Gasteiger partial charge on any atom is 0.185 e. The van der Waals surface area contributed by atoms with E-state index in [1.807, 2.05) is 12.2 Å². The molecular formula is C26H32N2O. The standard InChI is InChI=1S/C26H32N2O/c1-5-27(6-2)24-13-9-20(10-14-24)17-22-19-23(26(22)29)18-21-11-15-25(16-12-21)28(7-3)8-4/h9-18H,5-8,19H2,1-4H3/b22-17+,23-18+. The van der Waals surface area contributed by atoms with E-state index in [1.54, 1.807) is 0 Å². The lowest BCUT2D eigenvalue weighted by Gasteiger charge is -2.22. The number of Topliss-reactive ketones (excluding diaryl/α,β-unsaturated/α-hetero) is 1. The highest BCUT2D eigenvalue weighted by Gasteiger charge is 2.27. The Morgan fingerprint density at radius 1 is 0.655 bits per heavy atom. The SMILES string of the molecule is CCN(CC)c1ccc(/C=C2\C/C(=C\c3ccc(N(CC)CC)cc3)C2=O)cc1. The zero-order valence-electron chi connectivity index (χ0n) is 18.1. The van der Waals surface area contributed by atoms with Crippen LogP contribution in [0.1, 0.15) is 45.2 Å². The van der Waals surface area contributed by atoms with Crippen LogP contribution >= 0.6 is 0 Å². The second-order valence-electron chi connectivity index (χ2n) is 7.37. The molecule has 0 amide bonds. The molecule has 0 saturated heterocycles. The van der Waals surface area contributed by atoms with Gasteiger partial charge in [0, 0.05) is 55.1 Å². The third-order valence-electron chi connectivity index (χ3n) is 5.69. The molecular weight excluding hydrogens is 356 g/mol.